The van der Waals surface area contributed by atoms with Gasteiger partial charge in [-0.1, -0.05) is 48.0 Å². The van der Waals surface area contributed by atoms with E-state index < -0.39 is 0 Å². The van der Waals surface area contributed by atoms with Crippen LogP contribution in [0.1, 0.15) is 27.2 Å². The molecule has 0 saturated heterocycles. The van der Waals surface area contributed by atoms with Crippen LogP contribution in [0.3, 0.4) is 0 Å². The molecule has 0 radical (unpaired) electrons. The number of benzene rings is 2. The van der Waals surface area contributed by atoms with Gasteiger partial charge in [0.15, 0.2) is 6.29 Å². The van der Waals surface area contributed by atoms with Crippen molar-refractivity contribution < 1.29 is 9.53 Å². The maximum atomic E-state index is 11.1. The first-order chi connectivity index (χ1) is 12.6. The van der Waals surface area contributed by atoms with Gasteiger partial charge < -0.3 is 4.74 Å². The molecule has 0 fully saturated rings. The first kappa shape index (κ1) is 17.9. The molecule has 0 N–H and O–H groups in total. The molecule has 0 amide bonds. The van der Waals surface area contributed by atoms with Crippen LogP contribution in [-0.4, -0.2) is 18.4 Å². The van der Waals surface area contributed by atoms with Gasteiger partial charge in [0.1, 0.15) is 5.75 Å². The average molecular weight is 364 g/mol. The molecule has 3 nitrogen and oxygen atoms in total. The van der Waals surface area contributed by atoms with Crippen molar-refractivity contribution in [1.29, 1.82) is 0 Å². The molecule has 4 heteroatoms. The van der Waals surface area contributed by atoms with Gasteiger partial charge in [-0.05, 0) is 53.5 Å². The number of nitrogens with zero attached hydrogens (tertiary/aromatic N) is 1. The van der Waals surface area contributed by atoms with Crippen LogP contribution in [-0.2, 0) is 0 Å². The molecule has 130 valence electrons. The molecule has 0 aliphatic carbocycles. The van der Waals surface area contributed by atoms with Crippen LogP contribution in [0.5, 0.6) is 5.75 Å². The van der Waals surface area contributed by atoms with Crippen molar-refractivity contribution in [3.8, 4) is 16.9 Å². The standard InChI is InChI=1S/C22H18ClNO2/c1-15-19(16-6-4-3-5-7-16)10-11-24-21(15)9-8-17-13-22(26-2)18(14-25)12-20(17)23/h3-14H,1-2H3/b9-8+. The number of ether oxygens (including phenoxy) is 1. The van der Waals surface area contributed by atoms with E-state index in [9.17, 15) is 4.79 Å². The minimum Gasteiger partial charge on any atom is -0.496 e. The summed E-state index contributed by atoms with van der Waals surface area (Å²) in [6, 6.07) is 15.6. The highest BCUT2D eigenvalue weighted by molar-refractivity contribution is 6.32. The Hall–Kier alpha value is -2.91. The highest BCUT2D eigenvalue weighted by atomic mass is 35.5. The van der Waals surface area contributed by atoms with Crippen LogP contribution < -0.4 is 4.74 Å². The molecule has 0 unspecified atom stereocenters. The Morgan fingerprint density at radius 2 is 1.81 bits per heavy atom. The summed E-state index contributed by atoms with van der Waals surface area (Å²) < 4.78 is 5.25. The number of pyridine rings is 1. The Labute approximate surface area is 157 Å². The van der Waals surface area contributed by atoms with E-state index >= 15 is 0 Å². The zero-order valence-electron chi connectivity index (χ0n) is 14.6. The maximum Gasteiger partial charge on any atom is 0.153 e. The molecule has 0 aliphatic rings. The minimum absolute atomic E-state index is 0.426. The summed E-state index contributed by atoms with van der Waals surface area (Å²) in [5, 5.41) is 0.487. The fourth-order valence-electron chi connectivity index (χ4n) is 2.80. The van der Waals surface area contributed by atoms with Gasteiger partial charge in [0.25, 0.3) is 0 Å². The largest absolute Gasteiger partial charge is 0.496 e. The van der Waals surface area contributed by atoms with Crippen molar-refractivity contribution in [3.63, 3.8) is 0 Å². The third-order valence-corrected chi connectivity index (χ3v) is 4.55. The van der Waals surface area contributed by atoms with Crippen molar-refractivity contribution in [2.45, 2.75) is 6.92 Å². The van der Waals surface area contributed by atoms with Crippen molar-refractivity contribution in [2.75, 3.05) is 7.11 Å². The second-order valence-electron chi connectivity index (χ2n) is 5.80. The summed E-state index contributed by atoms with van der Waals surface area (Å²) in [7, 11) is 1.53. The Balaban J connectivity index is 1.98. The van der Waals surface area contributed by atoms with E-state index in [0.29, 0.717) is 16.3 Å². The summed E-state index contributed by atoms with van der Waals surface area (Å²) in [6.07, 6.45) is 6.33. The number of carbonyl (C=O) groups is 1. The van der Waals surface area contributed by atoms with Gasteiger partial charge in [0.05, 0.1) is 18.4 Å². The van der Waals surface area contributed by atoms with E-state index in [4.69, 9.17) is 16.3 Å². The Morgan fingerprint density at radius 1 is 1.04 bits per heavy atom. The molecular formula is C22H18ClNO2. The highest BCUT2D eigenvalue weighted by Crippen LogP contribution is 2.29. The van der Waals surface area contributed by atoms with Crippen LogP contribution in [0, 0.1) is 6.92 Å². The molecule has 0 spiro atoms. The summed E-state index contributed by atoms with van der Waals surface area (Å²) in [6.45, 7) is 2.05. The van der Waals surface area contributed by atoms with Gasteiger partial charge >= 0.3 is 0 Å². The summed E-state index contributed by atoms with van der Waals surface area (Å²) in [5.41, 5.74) is 5.43. The number of hydrogen-bond acceptors (Lipinski definition) is 3. The summed E-state index contributed by atoms with van der Waals surface area (Å²) >= 11 is 6.28. The highest BCUT2D eigenvalue weighted by Gasteiger charge is 2.08. The number of hydrogen-bond donors (Lipinski definition) is 0. The van der Waals surface area contributed by atoms with E-state index in [2.05, 4.69) is 17.1 Å². The zero-order chi connectivity index (χ0) is 18.5. The molecule has 26 heavy (non-hydrogen) atoms. The van der Waals surface area contributed by atoms with Gasteiger partial charge in [-0.3, -0.25) is 9.78 Å². The summed E-state index contributed by atoms with van der Waals surface area (Å²) in [4.78, 5) is 15.5. The molecule has 0 bridgehead atoms. The fraction of sp³-hybridized carbons (Fsp3) is 0.0909. The number of methoxy groups -OCH3 is 1. The first-order valence-corrected chi connectivity index (χ1v) is 8.53. The molecule has 3 aromatic rings. The lowest BCUT2D eigenvalue weighted by Gasteiger charge is -2.09. The lowest BCUT2D eigenvalue weighted by Crippen LogP contribution is -1.93. The molecular weight excluding hydrogens is 346 g/mol. The van der Waals surface area contributed by atoms with Crippen molar-refractivity contribution in [2.24, 2.45) is 0 Å². The third kappa shape index (κ3) is 3.68. The van der Waals surface area contributed by atoms with Gasteiger partial charge in [-0.2, -0.15) is 0 Å². The van der Waals surface area contributed by atoms with Crippen LogP contribution in [0.4, 0.5) is 0 Å². The molecule has 0 aliphatic heterocycles. The van der Waals surface area contributed by atoms with Crippen molar-refractivity contribution in [1.82, 2.24) is 4.98 Å². The fourth-order valence-corrected chi connectivity index (χ4v) is 3.04. The van der Waals surface area contributed by atoms with E-state index in [1.807, 2.05) is 43.3 Å². The Morgan fingerprint density at radius 3 is 2.50 bits per heavy atom. The number of rotatable bonds is 5. The number of carbonyl (C=O) groups excluding carboxylic acids is 1. The predicted molar refractivity (Wildman–Crippen MR) is 107 cm³/mol. The lowest BCUT2D eigenvalue weighted by molar-refractivity contribution is 0.112. The predicted octanol–water partition coefficient (Wildman–Crippen LogP) is 5.70. The molecule has 2 aromatic carbocycles. The minimum atomic E-state index is 0.426. The Bertz CT molecular complexity index is 965. The molecule has 0 saturated carbocycles. The van der Waals surface area contributed by atoms with Crippen molar-refractivity contribution >= 4 is 30.0 Å². The molecule has 0 atom stereocenters. The van der Waals surface area contributed by atoms with Gasteiger partial charge in [-0.15, -0.1) is 0 Å². The zero-order valence-corrected chi connectivity index (χ0v) is 15.3. The van der Waals surface area contributed by atoms with E-state index in [-0.39, 0.29) is 0 Å². The van der Waals surface area contributed by atoms with Crippen LogP contribution >= 0.6 is 11.6 Å². The van der Waals surface area contributed by atoms with E-state index in [1.54, 1.807) is 18.3 Å². The Kier molecular flexibility index (Phi) is 5.49. The van der Waals surface area contributed by atoms with Crippen LogP contribution in [0.15, 0.2) is 54.7 Å². The SMILES string of the molecule is COc1cc(/C=C/c2nccc(-c3ccccc3)c2C)c(Cl)cc1C=O. The normalized spacial score (nSPS) is 10.9. The smallest absolute Gasteiger partial charge is 0.153 e. The second-order valence-corrected chi connectivity index (χ2v) is 6.21. The first-order valence-electron chi connectivity index (χ1n) is 8.16. The third-order valence-electron chi connectivity index (χ3n) is 4.22. The average Bonchev–Trinajstić information content (AvgIpc) is 2.68. The number of halogens is 1. The maximum absolute atomic E-state index is 11.1. The summed E-state index contributed by atoms with van der Waals surface area (Å²) in [5.74, 6) is 0.492. The molecule has 1 aromatic heterocycles. The quantitative estimate of drug-likeness (QED) is 0.545. The molecule has 1 heterocycles. The van der Waals surface area contributed by atoms with E-state index in [1.165, 1.54) is 7.11 Å². The van der Waals surface area contributed by atoms with Crippen LogP contribution in [0.25, 0.3) is 23.3 Å². The van der Waals surface area contributed by atoms with Crippen LogP contribution in [0.2, 0.25) is 5.02 Å². The second kappa shape index (κ2) is 7.98. The topological polar surface area (TPSA) is 39.2 Å². The number of aldehydes is 1. The van der Waals surface area contributed by atoms with Crippen molar-refractivity contribution in [3.05, 3.63) is 82.1 Å². The van der Waals surface area contributed by atoms with E-state index in [0.717, 1.165) is 34.2 Å². The number of aromatic nitrogens is 1. The lowest BCUT2D eigenvalue weighted by atomic mass is 10.00. The monoisotopic (exact) mass is 363 g/mol. The van der Waals surface area contributed by atoms with Gasteiger partial charge in [-0.25, -0.2) is 0 Å². The van der Waals surface area contributed by atoms with Gasteiger partial charge in [0, 0.05) is 11.2 Å². The van der Waals surface area contributed by atoms with Gasteiger partial charge in [0.2, 0.25) is 0 Å². The molecule has 3 rings (SSSR count).